The molecule has 0 bridgehead atoms. The molecule has 8 heteroatoms. The number of benzene rings is 3. The van der Waals surface area contributed by atoms with Crippen molar-refractivity contribution in [2.45, 2.75) is 19.8 Å². The fourth-order valence-corrected chi connectivity index (χ4v) is 4.43. The third-order valence-electron chi connectivity index (χ3n) is 5.09. The second kappa shape index (κ2) is 9.87. The van der Waals surface area contributed by atoms with Gasteiger partial charge in [0.2, 0.25) is 0 Å². The molecule has 0 atom stereocenters. The summed E-state index contributed by atoms with van der Waals surface area (Å²) in [5.74, 6) is 0.415. The van der Waals surface area contributed by atoms with Crippen LogP contribution in [0, 0.1) is 0 Å². The highest BCUT2D eigenvalue weighted by Gasteiger charge is 2.20. The predicted molar refractivity (Wildman–Crippen MR) is 137 cm³/mol. The van der Waals surface area contributed by atoms with Crippen molar-refractivity contribution in [2.75, 3.05) is 10.6 Å². The van der Waals surface area contributed by atoms with Crippen LogP contribution in [0.4, 0.5) is 16.2 Å². The Morgan fingerprint density at radius 2 is 1.55 bits per heavy atom. The van der Waals surface area contributed by atoms with Gasteiger partial charge in [0.1, 0.15) is 5.69 Å². The van der Waals surface area contributed by atoms with E-state index in [4.69, 9.17) is 34.8 Å². The highest BCUT2D eigenvalue weighted by atomic mass is 35.5. The van der Waals surface area contributed by atoms with Crippen LogP contribution in [0.2, 0.25) is 15.1 Å². The van der Waals surface area contributed by atoms with Gasteiger partial charge in [0.15, 0.2) is 0 Å². The number of hydrogen-bond acceptors (Lipinski definition) is 2. The molecule has 0 saturated carbocycles. The van der Waals surface area contributed by atoms with Crippen LogP contribution in [0.1, 0.15) is 25.3 Å². The lowest BCUT2D eigenvalue weighted by molar-refractivity contribution is 0.262. The van der Waals surface area contributed by atoms with Gasteiger partial charge < -0.3 is 10.6 Å². The number of aromatic nitrogens is 2. The second-order valence-electron chi connectivity index (χ2n) is 7.76. The third-order valence-corrected chi connectivity index (χ3v) is 5.89. The zero-order valence-electron chi connectivity index (χ0n) is 17.9. The van der Waals surface area contributed by atoms with Crippen LogP contribution < -0.4 is 10.6 Å². The van der Waals surface area contributed by atoms with Crippen molar-refractivity contribution in [1.82, 2.24) is 9.78 Å². The first-order chi connectivity index (χ1) is 15.8. The monoisotopic (exact) mass is 498 g/mol. The van der Waals surface area contributed by atoms with Gasteiger partial charge in [-0.05, 0) is 35.7 Å². The van der Waals surface area contributed by atoms with Crippen LogP contribution in [0.25, 0.3) is 16.9 Å². The van der Waals surface area contributed by atoms with Crippen molar-refractivity contribution in [2.24, 2.45) is 0 Å². The Balaban J connectivity index is 1.68. The minimum Gasteiger partial charge on any atom is -0.308 e. The summed E-state index contributed by atoms with van der Waals surface area (Å²) in [5.41, 5.74) is 4.32. The molecule has 0 aliphatic heterocycles. The van der Waals surface area contributed by atoms with Crippen molar-refractivity contribution < 1.29 is 4.79 Å². The molecule has 1 heterocycles. The summed E-state index contributed by atoms with van der Waals surface area (Å²) in [6.07, 6.45) is 1.56. The number of urea groups is 1. The van der Waals surface area contributed by atoms with Crippen LogP contribution in [-0.2, 0) is 0 Å². The highest BCUT2D eigenvalue weighted by Crippen LogP contribution is 2.37. The maximum absolute atomic E-state index is 12.8. The molecule has 4 aromatic rings. The maximum Gasteiger partial charge on any atom is 0.323 e. The number of halogens is 3. The van der Waals surface area contributed by atoms with E-state index in [0.717, 1.165) is 5.56 Å². The van der Waals surface area contributed by atoms with Gasteiger partial charge in [-0.3, -0.25) is 0 Å². The average Bonchev–Trinajstić information content (AvgIpc) is 3.16. The quantitative estimate of drug-likeness (QED) is 0.290. The van der Waals surface area contributed by atoms with Crippen LogP contribution >= 0.6 is 34.8 Å². The molecule has 0 fully saturated rings. The lowest BCUT2D eigenvalue weighted by Gasteiger charge is -2.14. The summed E-state index contributed by atoms with van der Waals surface area (Å²) in [7, 11) is 0. The van der Waals surface area contributed by atoms with Crippen LogP contribution in [0.3, 0.4) is 0 Å². The Hall–Kier alpha value is -2.99. The Bertz CT molecular complexity index is 1260. The smallest absolute Gasteiger partial charge is 0.308 e. The van der Waals surface area contributed by atoms with Gasteiger partial charge in [0.05, 0.1) is 27.6 Å². The maximum atomic E-state index is 12.8. The zero-order chi connectivity index (χ0) is 23.5. The SMILES string of the molecule is CC(C)c1ccc(NC(=O)Nc2cnn(-c3c(Cl)cc(Cl)cc3Cl)c2-c2ccccc2)cc1. The first-order valence-electron chi connectivity index (χ1n) is 10.3. The molecule has 0 aliphatic carbocycles. The van der Waals surface area contributed by atoms with E-state index in [1.165, 1.54) is 5.56 Å². The Kier molecular flexibility index (Phi) is 6.94. The molecular weight excluding hydrogens is 479 g/mol. The number of nitrogens with zero attached hydrogens (tertiary/aromatic N) is 2. The number of hydrogen-bond donors (Lipinski definition) is 2. The molecule has 5 nitrogen and oxygen atoms in total. The zero-order valence-corrected chi connectivity index (χ0v) is 20.2. The van der Waals surface area contributed by atoms with Crippen LogP contribution in [0.5, 0.6) is 0 Å². The van der Waals surface area contributed by atoms with Gasteiger partial charge in [0.25, 0.3) is 0 Å². The molecule has 2 N–H and O–H groups in total. The standard InChI is InChI=1S/C25H21Cl3N4O/c1-15(2)16-8-10-19(11-9-16)30-25(33)31-22-14-29-32(23(22)17-6-4-3-5-7-17)24-20(27)12-18(26)13-21(24)28/h3-15H,1-2H3,(H2,30,31,33). The second-order valence-corrected chi connectivity index (χ2v) is 9.01. The van der Waals surface area contributed by atoms with E-state index in [1.54, 1.807) is 23.0 Å². The number of anilines is 2. The summed E-state index contributed by atoms with van der Waals surface area (Å²) < 4.78 is 1.60. The van der Waals surface area contributed by atoms with Crippen LogP contribution in [-0.4, -0.2) is 15.8 Å². The molecule has 168 valence electrons. The molecule has 1 aromatic heterocycles. The van der Waals surface area contributed by atoms with Gasteiger partial charge in [-0.1, -0.05) is 91.1 Å². The summed E-state index contributed by atoms with van der Waals surface area (Å²) in [6.45, 7) is 4.24. The van der Waals surface area contributed by atoms with Crippen LogP contribution in [0.15, 0.2) is 72.9 Å². The van der Waals surface area contributed by atoms with E-state index >= 15 is 0 Å². The summed E-state index contributed by atoms with van der Waals surface area (Å²) in [5, 5.41) is 11.3. The lowest BCUT2D eigenvalue weighted by atomic mass is 10.0. The van der Waals surface area contributed by atoms with E-state index < -0.39 is 6.03 Å². The van der Waals surface area contributed by atoms with Crippen molar-refractivity contribution in [3.63, 3.8) is 0 Å². The van der Waals surface area contributed by atoms with Crippen molar-refractivity contribution in [1.29, 1.82) is 0 Å². The molecule has 0 radical (unpaired) electrons. The number of amides is 2. The minimum absolute atomic E-state index is 0.342. The van der Waals surface area contributed by atoms with Crippen molar-refractivity contribution in [3.05, 3.63) is 93.6 Å². The Morgan fingerprint density at radius 1 is 0.909 bits per heavy atom. The molecular formula is C25H21Cl3N4O. The van der Waals surface area contributed by atoms with Gasteiger partial charge in [-0.15, -0.1) is 0 Å². The largest absolute Gasteiger partial charge is 0.323 e. The number of carbonyl (C=O) groups excluding carboxylic acids is 1. The van der Waals surface area contributed by atoms with Crippen molar-refractivity contribution >= 4 is 52.2 Å². The number of rotatable bonds is 5. The average molecular weight is 500 g/mol. The van der Waals surface area contributed by atoms with Crippen molar-refractivity contribution in [3.8, 4) is 16.9 Å². The van der Waals surface area contributed by atoms with E-state index in [9.17, 15) is 4.79 Å². The minimum atomic E-state index is -0.391. The summed E-state index contributed by atoms with van der Waals surface area (Å²) in [4.78, 5) is 12.8. The molecule has 0 unspecified atom stereocenters. The van der Waals surface area contributed by atoms with Gasteiger partial charge in [-0.25, -0.2) is 9.48 Å². The molecule has 33 heavy (non-hydrogen) atoms. The Morgan fingerprint density at radius 3 is 2.15 bits per heavy atom. The van der Waals surface area contributed by atoms with Gasteiger partial charge in [-0.2, -0.15) is 5.10 Å². The predicted octanol–water partition coefficient (Wildman–Crippen LogP) is 8.27. The van der Waals surface area contributed by atoms with Gasteiger partial charge in [0, 0.05) is 16.3 Å². The summed E-state index contributed by atoms with van der Waals surface area (Å²) >= 11 is 19.0. The Labute approximate surface area is 207 Å². The van der Waals surface area contributed by atoms with E-state index in [1.807, 2.05) is 54.6 Å². The highest BCUT2D eigenvalue weighted by molar-refractivity contribution is 6.40. The number of carbonyl (C=O) groups is 1. The number of nitrogens with one attached hydrogen (secondary N) is 2. The molecule has 0 saturated heterocycles. The third kappa shape index (κ3) is 5.17. The fourth-order valence-electron chi connectivity index (χ4n) is 3.46. The van der Waals surface area contributed by atoms with E-state index in [0.29, 0.717) is 43.7 Å². The summed E-state index contributed by atoms with van der Waals surface area (Å²) in [6, 6.07) is 20.1. The first kappa shape index (κ1) is 23.2. The topological polar surface area (TPSA) is 59.0 Å². The lowest BCUT2D eigenvalue weighted by Crippen LogP contribution is -2.19. The normalized spacial score (nSPS) is 11.0. The first-order valence-corrected chi connectivity index (χ1v) is 11.4. The molecule has 4 rings (SSSR count). The molecule has 2 amide bonds. The molecule has 0 spiro atoms. The van der Waals surface area contributed by atoms with E-state index in [2.05, 4.69) is 29.6 Å². The van der Waals surface area contributed by atoms with E-state index in [-0.39, 0.29) is 0 Å². The van der Waals surface area contributed by atoms with Gasteiger partial charge >= 0.3 is 6.03 Å². The molecule has 0 aliphatic rings. The molecule has 3 aromatic carbocycles. The fraction of sp³-hybridized carbons (Fsp3) is 0.120.